The zero-order chi connectivity index (χ0) is 21.6. The lowest BCUT2D eigenvalue weighted by Gasteiger charge is -2.12. The van der Waals surface area contributed by atoms with Crippen molar-refractivity contribution in [2.24, 2.45) is 0 Å². The van der Waals surface area contributed by atoms with Gasteiger partial charge in [0.25, 0.3) is 5.89 Å². The van der Waals surface area contributed by atoms with E-state index in [-0.39, 0.29) is 6.07 Å². The molecule has 0 aliphatic heterocycles. The summed E-state index contributed by atoms with van der Waals surface area (Å²) in [7, 11) is 0. The van der Waals surface area contributed by atoms with Crippen LogP contribution in [-0.4, -0.2) is 15.1 Å². The summed E-state index contributed by atoms with van der Waals surface area (Å²) in [5.41, 5.74) is -5.90. The van der Waals surface area contributed by atoms with Crippen molar-refractivity contribution in [1.29, 1.82) is 0 Å². The molecule has 0 aliphatic rings. The molecule has 0 saturated heterocycles. The van der Waals surface area contributed by atoms with Gasteiger partial charge in [-0.2, -0.15) is 44.5 Å². The van der Waals surface area contributed by atoms with E-state index in [0.29, 0.717) is 18.2 Å². The third-order valence-electron chi connectivity index (χ3n) is 3.63. The molecule has 3 rings (SSSR count). The molecule has 13 heteroatoms. The topological polar surface area (TPSA) is 51.8 Å². The monoisotopic (exact) mass is 427 g/mol. The van der Waals surface area contributed by atoms with E-state index in [1.807, 2.05) is 0 Å². The van der Waals surface area contributed by atoms with Gasteiger partial charge < -0.3 is 4.52 Å². The SMILES string of the molecule is FC(F)(F)c1cc(-c2nc(-c3cnccc3C(F)(F)F)no2)cc(C(F)(F)F)c1. The number of nitrogens with zero attached hydrogens (tertiary/aromatic N) is 3. The fraction of sp³-hybridized carbons (Fsp3) is 0.188. The first-order valence-corrected chi connectivity index (χ1v) is 7.42. The first-order chi connectivity index (χ1) is 13.3. The van der Waals surface area contributed by atoms with E-state index in [2.05, 4.69) is 19.6 Å². The lowest BCUT2D eigenvalue weighted by molar-refractivity contribution is -0.143. The first-order valence-electron chi connectivity index (χ1n) is 7.42. The Morgan fingerprint density at radius 1 is 0.759 bits per heavy atom. The number of aromatic nitrogens is 3. The molecule has 154 valence electrons. The molecule has 0 fully saturated rings. The molecule has 0 amide bonds. The molecule has 1 aromatic carbocycles. The molecule has 0 aliphatic carbocycles. The van der Waals surface area contributed by atoms with Crippen LogP contribution in [0.5, 0.6) is 0 Å². The second kappa shape index (κ2) is 6.74. The Bertz CT molecular complexity index is 1000. The number of alkyl halides is 9. The summed E-state index contributed by atoms with van der Waals surface area (Å²) in [5.74, 6) is -1.53. The van der Waals surface area contributed by atoms with Gasteiger partial charge in [0.05, 0.1) is 22.3 Å². The Balaban J connectivity index is 2.13. The fourth-order valence-electron chi connectivity index (χ4n) is 2.35. The van der Waals surface area contributed by atoms with Crippen molar-refractivity contribution in [2.45, 2.75) is 18.5 Å². The van der Waals surface area contributed by atoms with Crippen LogP contribution in [0.2, 0.25) is 0 Å². The predicted octanol–water partition coefficient (Wildman–Crippen LogP) is 5.86. The Morgan fingerprint density at radius 3 is 1.86 bits per heavy atom. The molecular formula is C16H6F9N3O. The maximum atomic E-state index is 13.1. The van der Waals surface area contributed by atoms with Crippen molar-refractivity contribution in [1.82, 2.24) is 15.1 Å². The fourth-order valence-corrected chi connectivity index (χ4v) is 2.35. The number of halogens is 9. The van der Waals surface area contributed by atoms with Crippen molar-refractivity contribution >= 4 is 0 Å². The van der Waals surface area contributed by atoms with Crippen LogP contribution in [0.25, 0.3) is 22.8 Å². The Morgan fingerprint density at radius 2 is 1.34 bits per heavy atom. The van der Waals surface area contributed by atoms with E-state index < -0.39 is 58.1 Å². The third kappa shape index (κ3) is 4.32. The van der Waals surface area contributed by atoms with Crippen molar-refractivity contribution in [2.75, 3.05) is 0 Å². The van der Waals surface area contributed by atoms with Crippen molar-refractivity contribution in [3.05, 3.63) is 53.3 Å². The molecule has 0 atom stereocenters. The minimum absolute atomic E-state index is 0.107. The third-order valence-corrected chi connectivity index (χ3v) is 3.63. The van der Waals surface area contributed by atoms with Crippen molar-refractivity contribution < 1.29 is 44.0 Å². The highest BCUT2D eigenvalue weighted by molar-refractivity contribution is 5.63. The first kappa shape index (κ1) is 20.6. The molecule has 0 bridgehead atoms. The van der Waals surface area contributed by atoms with Crippen LogP contribution in [0.15, 0.2) is 41.2 Å². The van der Waals surface area contributed by atoms with Gasteiger partial charge in [0.15, 0.2) is 0 Å². The van der Waals surface area contributed by atoms with E-state index in [9.17, 15) is 39.5 Å². The van der Waals surface area contributed by atoms with Crippen LogP contribution in [0.1, 0.15) is 16.7 Å². The lowest BCUT2D eigenvalue weighted by atomic mass is 10.0. The number of rotatable bonds is 2. The largest absolute Gasteiger partial charge is 0.417 e. The Labute approximate surface area is 155 Å². The number of hydrogen-bond acceptors (Lipinski definition) is 4. The summed E-state index contributed by atoms with van der Waals surface area (Å²) in [6.45, 7) is 0. The summed E-state index contributed by atoms with van der Waals surface area (Å²) >= 11 is 0. The van der Waals surface area contributed by atoms with Gasteiger partial charge in [-0.05, 0) is 24.3 Å². The maximum Gasteiger partial charge on any atom is 0.417 e. The second-order valence-electron chi connectivity index (χ2n) is 5.64. The second-order valence-corrected chi connectivity index (χ2v) is 5.64. The van der Waals surface area contributed by atoms with E-state index in [1.165, 1.54) is 0 Å². The van der Waals surface area contributed by atoms with Gasteiger partial charge in [-0.25, -0.2) is 0 Å². The lowest BCUT2D eigenvalue weighted by Crippen LogP contribution is -2.11. The molecule has 0 unspecified atom stereocenters. The smallest absolute Gasteiger partial charge is 0.334 e. The maximum absolute atomic E-state index is 13.1. The quantitative estimate of drug-likeness (QED) is 0.481. The molecule has 0 N–H and O–H groups in total. The molecule has 0 saturated carbocycles. The van der Waals surface area contributed by atoms with Crippen molar-refractivity contribution in [3.8, 4) is 22.8 Å². The molecule has 0 spiro atoms. The van der Waals surface area contributed by atoms with E-state index >= 15 is 0 Å². The Kier molecular flexibility index (Phi) is 4.79. The predicted molar refractivity (Wildman–Crippen MR) is 78.0 cm³/mol. The highest BCUT2D eigenvalue weighted by atomic mass is 19.4. The van der Waals surface area contributed by atoms with Gasteiger partial charge >= 0.3 is 18.5 Å². The van der Waals surface area contributed by atoms with Gasteiger partial charge in [0.2, 0.25) is 5.82 Å². The average molecular weight is 427 g/mol. The van der Waals surface area contributed by atoms with Crippen LogP contribution < -0.4 is 0 Å². The normalized spacial score (nSPS) is 13.0. The molecular weight excluding hydrogens is 421 g/mol. The van der Waals surface area contributed by atoms with Crippen LogP contribution >= 0.6 is 0 Å². The molecule has 2 aromatic heterocycles. The number of pyridine rings is 1. The molecule has 4 nitrogen and oxygen atoms in total. The zero-order valence-electron chi connectivity index (χ0n) is 13.6. The van der Waals surface area contributed by atoms with Crippen LogP contribution in [0.4, 0.5) is 39.5 Å². The summed E-state index contributed by atoms with van der Waals surface area (Å²) in [6.07, 6.45) is -13.5. The van der Waals surface area contributed by atoms with E-state index in [4.69, 9.17) is 0 Å². The van der Waals surface area contributed by atoms with E-state index in [1.54, 1.807) is 0 Å². The van der Waals surface area contributed by atoms with Crippen LogP contribution in [0, 0.1) is 0 Å². The summed E-state index contributed by atoms with van der Waals surface area (Å²) in [6, 6.07) is 1.14. The highest BCUT2D eigenvalue weighted by Gasteiger charge is 2.38. The van der Waals surface area contributed by atoms with Crippen molar-refractivity contribution in [3.63, 3.8) is 0 Å². The van der Waals surface area contributed by atoms with Crippen LogP contribution in [-0.2, 0) is 18.5 Å². The minimum Gasteiger partial charge on any atom is -0.334 e. The van der Waals surface area contributed by atoms with Gasteiger partial charge in [-0.1, -0.05) is 5.16 Å². The summed E-state index contributed by atoms with van der Waals surface area (Å²) in [4.78, 5) is 7.01. The summed E-state index contributed by atoms with van der Waals surface area (Å²) in [5, 5.41) is 3.23. The van der Waals surface area contributed by atoms with E-state index in [0.717, 1.165) is 12.4 Å². The van der Waals surface area contributed by atoms with Gasteiger partial charge in [-0.3, -0.25) is 4.98 Å². The molecule has 2 heterocycles. The standard InChI is InChI=1S/C16H6F9N3O/c17-14(18,19)8-3-7(4-9(5-8)15(20,21)22)13-27-12(28-29-13)10-6-26-2-1-11(10)16(23,24)25/h1-6H. The summed E-state index contributed by atoms with van der Waals surface area (Å²) < 4.78 is 121. The van der Waals surface area contributed by atoms with Gasteiger partial charge in [-0.15, -0.1) is 0 Å². The molecule has 0 radical (unpaired) electrons. The van der Waals surface area contributed by atoms with Gasteiger partial charge in [0, 0.05) is 18.0 Å². The number of hydrogen-bond donors (Lipinski definition) is 0. The molecule has 29 heavy (non-hydrogen) atoms. The average Bonchev–Trinajstić information content (AvgIpc) is 3.09. The van der Waals surface area contributed by atoms with Gasteiger partial charge in [0.1, 0.15) is 0 Å². The number of benzene rings is 1. The highest BCUT2D eigenvalue weighted by Crippen LogP contribution is 2.39. The Hall–Kier alpha value is -3.12. The minimum atomic E-state index is -5.12. The van der Waals surface area contributed by atoms with Crippen LogP contribution in [0.3, 0.4) is 0 Å². The zero-order valence-corrected chi connectivity index (χ0v) is 13.6. The molecule has 3 aromatic rings.